The summed E-state index contributed by atoms with van der Waals surface area (Å²) < 4.78 is 13.6. The second-order valence-corrected chi connectivity index (χ2v) is 6.97. The molecule has 0 saturated heterocycles. The van der Waals surface area contributed by atoms with Crippen LogP contribution in [0.2, 0.25) is 10.0 Å². The maximum absolute atomic E-state index is 13.6. The topological polar surface area (TPSA) is 15.3 Å². The molecule has 1 N–H and O–H groups in total. The van der Waals surface area contributed by atoms with Crippen molar-refractivity contribution in [1.82, 2.24) is 10.2 Å². The van der Waals surface area contributed by atoms with Gasteiger partial charge in [0.2, 0.25) is 0 Å². The minimum atomic E-state index is -0.423. The third-order valence-electron chi connectivity index (χ3n) is 4.73. The zero-order valence-electron chi connectivity index (χ0n) is 12.8. The molecule has 5 heteroatoms. The smallest absolute Gasteiger partial charge is 0.142 e. The maximum Gasteiger partial charge on any atom is 0.142 e. The summed E-state index contributed by atoms with van der Waals surface area (Å²) in [4.78, 5) is 2.30. The summed E-state index contributed by atoms with van der Waals surface area (Å²) in [5, 5.41) is 4.12. The van der Waals surface area contributed by atoms with Crippen LogP contribution in [0.25, 0.3) is 0 Å². The minimum absolute atomic E-state index is 0.0851. The summed E-state index contributed by atoms with van der Waals surface area (Å²) in [6, 6.07) is 2.78. The first-order chi connectivity index (χ1) is 9.87. The monoisotopic (exact) mass is 332 g/mol. The van der Waals surface area contributed by atoms with Gasteiger partial charge in [-0.2, -0.15) is 0 Å². The van der Waals surface area contributed by atoms with Crippen LogP contribution in [0, 0.1) is 5.82 Å². The fraction of sp³-hybridized carbons (Fsp3) is 0.625. The van der Waals surface area contributed by atoms with E-state index >= 15 is 0 Å². The summed E-state index contributed by atoms with van der Waals surface area (Å²) in [6.45, 7) is 2.83. The van der Waals surface area contributed by atoms with E-state index in [4.69, 9.17) is 23.2 Å². The predicted octanol–water partition coefficient (Wildman–Crippen LogP) is 4.66. The molecule has 2 rings (SSSR count). The molecule has 21 heavy (non-hydrogen) atoms. The summed E-state index contributed by atoms with van der Waals surface area (Å²) in [6.07, 6.45) is 4.89. The number of rotatable bonds is 5. The number of hydrogen-bond donors (Lipinski definition) is 1. The fourth-order valence-corrected chi connectivity index (χ4v) is 3.90. The van der Waals surface area contributed by atoms with Crippen molar-refractivity contribution in [3.63, 3.8) is 0 Å². The Hall–Kier alpha value is -0.350. The summed E-state index contributed by atoms with van der Waals surface area (Å²) >= 11 is 12.3. The van der Waals surface area contributed by atoms with Crippen LogP contribution in [0.4, 0.5) is 4.39 Å². The lowest BCUT2D eigenvalue weighted by molar-refractivity contribution is 0.150. The SMILES string of the molecule is CC(NCC1(N(C)C)CCCC1)c1c(Cl)ccc(F)c1Cl. The predicted molar refractivity (Wildman–Crippen MR) is 87.7 cm³/mol. The molecule has 1 aliphatic rings. The van der Waals surface area contributed by atoms with Gasteiger partial charge in [0.15, 0.2) is 0 Å². The highest BCUT2D eigenvalue weighted by Crippen LogP contribution is 2.35. The standard InChI is InChI=1S/C16H23Cl2FN2/c1-11(14-12(17)6-7-13(19)15(14)18)20-10-16(21(2)3)8-4-5-9-16/h6-7,11,20H,4-5,8-10H2,1-3H3. The summed E-state index contributed by atoms with van der Waals surface area (Å²) in [7, 11) is 4.25. The van der Waals surface area contributed by atoms with Crippen molar-refractivity contribution in [2.75, 3.05) is 20.6 Å². The Labute approximate surface area is 136 Å². The van der Waals surface area contributed by atoms with Gasteiger partial charge in [0, 0.05) is 28.7 Å². The number of halogens is 3. The largest absolute Gasteiger partial charge is 0.308 e. The maximum atomic E-state index is 13.6. The zero-order chi connectivity index (χ0) is 15.6. The highest BCUT2D eigenvalue weighted by Gasteiger charge is 2.36. The average molecular weight is 333 g/mol. The molecular weight excluding hydrogens is 310 g/mol. The van der Waals surface area contributed by atoms with Crippen LogP contribution in [0.5, 0.6) is 0 Å². The normalized spacial score (nSPS) is 19.2. The lowest BCUT2D eigenvalue weighted by Gasteiger charge is -2.37. The summed E-state index contributed by atoms with van der Waals surface area (Å²) in [5.74, 6) is -0.423. The van der Waals surface area contributed by atoms with E-state index in [0.29, 0.717) is 10.6 Å². The highest BCUT2D eigenvalue weighted by molar-refractivity contribution is 6.36. The molecule has 2 nitrogen and oxygen atoms in total. The molecule has 118 valence electrons. The third-order valence-corrected chi connectivity index (χ3v) is 5.45. The van der Waals surface area contributed by atoms with Crippen molar-refractivity contribution in [2.45, 2.75) is 44.2 Å². The van der Waals surface area contributed by atoms with E-state index in [1.54, 1.807) is 6.07 Å². The third kappa shape index (κ3) is 3.53. The molecule has 0 aliphatic heterocycles. The average Bonchev–Trinajstić information content (AvgIpc) is 2.91. The van der Waals surface area contributed by atoms with Crippen LogP contribution in [0.3, 0.4) is 0 Å². The molecule has 0 bridgehead atoms. The molecule has 0 heterocycles. The van der Waals surface area contributed by atoms with Crippen molar-refractivity contribution >= 4 is 23.2 Å². The molecule has 0 spiro atoms. The van der Waals surface area contributed by atoms with Gasteiger partial charge in [-0.1, -0.05) is 36.0 Å². The van der Waals surface area contributed by atoms with Gasteiger partial charge in [-0.15, -0.1) is 0 Å². The molecular formula is C16H23Cl2FN2. The van der Waals surface area contributed by atoms with E-state index in [1.165, 1.54) is 31.7 Å². The van der Waals surface area contributed by atoms with Gasteiger partial charge in [-0.25, -0.2) is 4.39 Å². The molecule has 0 aromatic heterocycles. The Morgan fingerprint density at radius 3 is 2.48 bits per heavy atom. The van der Waals surface area contributed by atoms with Gasteiger partial charge >= 0.3 is 0 Å². The van der Waals surface area contributed by atoms with Crippen LogP contribution in [0.15, 0.2) is 12.1 Å². The number of nitrogens with zero attached hydrogens (tertiary/aromatic N) is 1. The number of likely N-dealkylation sites (N-methyl/N-ethyl adjacent to an activating group) is 1. The van der Waals surface area contributed by atoms with E-state index in [2.05, 4.69) is 24.3 Å². The lowest BCUT2D eigenvalue weighted by atomic mass is 9.95. The van der Waals surface area contributed by atoms with Crippen LogP contribution in [0.1, 0.15) is 44.2 Å². The van der Waals surface area contributed by atoms with Gasteiger partial charge in [-0.3, -0.25) is 0 Å². The number of nitrogens with one attached hydrogen (secondary N) is 1. The first kappa shape index (κ1) is 17.0. The Bertz CT molecular complexity index is 499. The Balaban J connectivity index is 2.12. The molecule has 1 saturated carbocycles. The molecule has 1 aromatic carbocycles. The van der Waals surface area contributed by atoms with E-state index in [9.17, 15) is 4.39 Å². The van der Waals surface area contributed by atoms with Crippen LogP contribution in [-0.4, -0.2) is 31.1 Å². The first-order valence-electron chi connectivity index (χ1n) is 7.41. The van der Waals surface area contributed by atoms with Gasteiger partial charge in [0.1, 0.15) is 5.82 Å². The van der Waals surface area contributed by atoms with Crippen LogP contribution >= 0.6 is 23.2 Å². The van der Waals surface area contributed by atoms with Crippen molar-refractivity contribution in [1.29, 1.82) is 0 Å². The van der Waals surface area contributed by atoms with Crippen molar-refractivity contribution in [3.05, 3.63) is 33.6 Å². The van der Waals surface area contributed by atoms with Crippen molar-refractivity contribution < 1.29 is 4.39 Å². The number of benzene rings is 1. The zero-order valence-corrected chi connectivity index (χ0v) is 14.4. The van der Waals surface area contributed by atoms with E-state index < -0.39 is 5.82 Å². The molecule has 1 fully saturated rings. The van der Waals surface area contributed by atoms with Crippen molar-refractivity contribution in [2.24, 2.45) is 0 Å². The van der Waals surface area contributed by atoms with Crippen LogP contribution in [-0.2, 0) is 0 Å². The van der Waals surface area contributed by atoms with Crippen molar-refractivity contribution in [3.8, 4) is 0 Å². The van der Waals surface area contributed by atoms with Gasteiger partial charge in [0.25, 0.3) is 0 Å². The summed E-state index contributed by atoms with van der Waals surface area (Å²) in [5.41, 5.74) is 0.825. The second-order valence-electron chi connectivity index (χ2n) is 6.19. The molecule has 1 atom stereocenters. The Morgan fingerprint density at radius 1 is 1.29 bits per heavy atom. The van der Waals surface area contributed by atoms with Gasteiger partial charge < -0.3 is 10.2 Å². The van der Waals surface area contributed by atoms with Gasteiger partial charge in [-0.05, 0) is 46.0 Å². The quantitative estimate of drug-likeness (QED) is 0.789. The first-order valence-corrected chi connectivity index (χ1v) is 8.17. The minimum Gasteiger partial charge on any atom is -0.308 e. The van der Waals surface area contributed by atoms with Crippen LogP contribution < -0.4 is 5.32 Å². The Morgan fingerprint density at radius 2 is 1.90 bits per heavy atom. The van der Waals surface area contributed by atoms with E-state index in [0.717, 1.165) is 6.54 Å². The highest BCUT2D eigenvalue weighted by atomic mass is 35.5. The second kappa shape index (κ2) is 6.82. The lowest BCUT2D eigenvalue weighted by Crippen LogP contribution is -2.50. The molecule has 1 unspecified atom stereocenters. The molecule has 1 aliphatic carbocycles. The molecule has 0 radical (unpaired) electrons. The molecule has 0 amide bonds. The molecule has 1 aromatic rings. The van der Waals surface area contributed by atoms with Gasteiger partial charge in [0.05, 0.1) is 5.02 Å². The Kier molecular flexibility index (Phi) is 5.53. The fourth-order valence-electron chi connectivity index (χ4n) is 3.20. The van der Waals surface area contributed by atoms with E-state index in [1.807, 2.05) is 6.92 Å². The van der Waals surface area contributed by atoms with E-state index in [-0.39, 0.29) is 16.6 Å². The number of hydrogen-bond acceptors (Lipinski definition) is 2.